The number of nitrogens with zero attached hydrogens (tertiary/aromatic N) is 5. The molecule has 1 N–H and O–H groups in total. The Bertz CT molecular complexity index is 1160. The molecule has 0 bridgehead atoms. The van der Waals surface area contributed by atoms with E-state index >= 15 is 0 Å². The molecule has 0 spiro atoms. The zero-order valence-corrected chi connectivity index (χ0v) is 16.3. The molecule has 8 nitrogen and oxygen atoms in total. The number of ether oxygens (including phenoxy) is 1. The minimum absolute atomic E-state index is 0.0343. The number of amides is 1. The lowest BCUT2D eigenvalue weighted by atomic mass is 10.2. The number of rotatable bonds is 7. The van der Waals surface area contributed by atoms with E-state index < -0.39 is 5.91 Å². The molecule has 0 atom stereocenters. The van der Waals surface area contributed by atoms with Crippen molar-refractivity contribution in [3.8, 4) is 5.75 Å². The lowest BCUT2D eigenvalue weighted by molar-refractivity contribution is 0.100. The van der Waals surface area contributed by atoms with Gasteiger partial charge in [-0.25, -0.2) is 18.7 Å². The van der Waals surface area contributed by atoms with E-state index in [2.05, 4.69) is 20.5 Å². The molecular formula is C20H16ClFN6O2. The van der Waals surface area contributed by atoms with Crippen LogP contribution < -0.4 is 10.1 Å². The van der Waals surface area contributed by atoms with Gasteiger partial charge in [0.15, 0.2) is 6.73 Å². The van der Waals surface area contributed by atoms with Gasteiger partial charge in [-0.1, -0.05) is 29.8 Å². The molecule has 0 saturated heterocycles. The van der Waals surface area contributed by atoms with E-state index in [4.69, 9.17) is 16.3 Å². The Morgan fingerprint density at radius 2 is 1.93 bits per heavy atom. The Balaban J connectivity index is 1.39. The number of hydrogen-bond acceptors (Lipinski definition) is 5. The summed E-state index contributed by atoms with van der Waals surface area (Å²) in [6.45, 7) is 0.231. The van der Waals surface area contributed by atoms with Gasteiger partial charge in [0.1, 0.15) is 23.6 Å². The van der Waals surface area contributed by atoms with E-state index in [9.17, 15) is 9.18 Å². The van der Waals surface area contributed by atoms with Crippen molar-refractivity contribution in [1.82, 2.24) is 24.5 Å². The third-order valence-electron chi connectivity index (χ3n) is 4.17. The number of hydrogen-bond donors (Lipinski definition) is 1. The highest BCUT2D eigenvalue weighted by molar-refractivity contribution is 6.30. The zero-order valence-electron chi connectivity index (χ0n) is 15.6. The van der Waals surface area contributed by atoms with Crippen molar-refractivity contribution >= 4 is 23.5 Å². The topological polar surface area (TPSA) is 86.9 Å². The Morgan fingerprint density at radius 3 is 2.73 bits per heavy atom. The van der Waals surface area contributed by atoms with Crippen LogP contribution in [0, 0.1) is 5.82 Å². The molecule has 30 heavy (non-hydrogen) atoms. The molecule has 4 rings (SSSR count). The van der Waals surface area contributed by atoms with E-state index in [-0.39, 0.29) is 30.7 Å². The summed E-state index contributed by atoms with van der Waals surface area (Å²) in [5.74, 6) is -0.0865. The molecule has 0 unspecified atom stereocenters. The van der Waals surface area contributed by atoms with E-state index in [0.717, 1.165) is 0 Å². The van der Waals surface area contributed by atoms with Gasteiger partial charge < -0.3 is 4.74 Å². The van der Waals surface area contributed by atoms with Gasteiger partial charge in [-0.15, -0.1) is 5.10 Å². The molecule has 2 aromatic heterocycles. The highest BCUT2D eigenvalue weighted by Gasteiger charge is 2.15. The van der Waals surface area contributed by atoms with Crippen molar-refractivity contribution in [3.05, 3.63) is 89.2 Å². The molecule has 2 heterocycles. The van der Waals surface area contributed by atoms with Crippen LogP contribution in [0.5, 0.6) is 5.75 Å². The second kappa shape index (κ2) is 8.75. The molecule has 0 aliphatic heterocycles. The Labute approximate surface area is 175 Å². The third kappa shape index (κ3) is 4.64. The smallest absolute Gasteiger partial charge is 0.276 e. The molecule has 0 fully saturated rings. The summed E-state index contributed by atoms with van der Waals surface area (Å²) >= 11 is 5.85. The maximum Gasteiger partial charge on any atom is 0.276 e. The SMILES string of the molecule is O=C(Nc1ncn(Cc2ccccc2F)n1)c1ccnn1COc1ccc(Cl)cc1. The number of anilines is 1. The van der Waals surface area contributed by atoms with Crippen LogP contribution in [0.2, 0.25) is 5.02 Å². The van der Waals surface area contributed by atoms with Crippen molar-refractivity contribution in [2.24, 2.45) is 0 Å². The Hall–Kier alpha value is -3.72. The molecule has 1 amide bonds. The van der Waals surface area contributed by atoms with Gasteiger partial charge in [-0.05, 0) is 36.4 Å². The van der Waals surface area contributed by atoms with Crippen LogP contribution >= 0.6 is 11.6 Å². The summed E-state index contributed by atoms with van der Waals surface area (Å²) < 4.78 is 22.2. The first-order valence-electron chi connectivity index (χ1n) is 8.93. The van der Waals surface area contributed by atoms with Gasteiger partial charge in [0.25, 0.3) is 5.91 Å². The fraction of sp³-hybridized carbons (Fsp3) is 0.100. The molecule has 152 valence electrons. The number of aromatic nitrogens is 5. The molecule has 0 aliphatic rings. The molecular weight excluding hydrogens is 411 g/mol. The second-order valence-electron chi connectivity index (χ2n) is 6.25. The standard InChI is InChI=1S/C20H16ClFN6O2/c21-15-5-7-16(8-6-15)30-13-28-18(9-10-24-28)19(29)25-20-23-12-27(26-20)11-14-3-1-2-4-17(14)22/h1-10,12H,11,13H2,(H,25,26,29). The van der Waals surface area contributed by atoms with Crippen molar-refractivity contribution < 1.29 is 13.9 Å². The predicted molar refractivity (Wildman–Crippen MR) is 108 cm³/mol. The summed E-state index contributed by atoms with van der Waals surface area (Å²) in [6.07, 6.45) is 2.91. The summed E-state index contributed by atoms with van der Waals surface area (Å²) in [5.41, 5.74) is 0.743. The normalized spacial score (nSPS) is 10.7. The van der Waals surface area contributed by atoms with Crippen LogP contribution in [0.1, 0.15) is 16.1 Å². The molecule has 0 aliphatic carbocycles. The molecule has 10 heteroatoms. The first kappa shape index (κ1) is 19.6. The number of nitrogens with one attached hydrogen (secondary N) is 1. The average molecular weight is 427 g/mol. The van der Waals surface area contributed by atoms with Gasteiger partial charge in [-0.3, -0.25) is 10.1 Å². The average Bonchev–Trinajstić information content (AvgIpc) is 3.39. The van der Waals surface area contributed by atoms with Crippen LogP contribution in [0.15, 0.2) is 67.1 Å². The Kier molecular flexibility index (Phi) is 5.71. The van der Waals surface area contributed by atoms with Gasteiger partial charge in [-0.2, -0.15) is 5.10 Å². The molecule has 0 radical (unpaired) electrons. The van der Waals surface area contributed by atoms with Crippen LogP contribution in [0.4, 0.5) is 10.3 Å². The number of halogens is 2. The largest absolute Gasteiger partial charge is 0.471 e. The van der Waals surface area contributed by atoms with Gasteiger partial charge in [0.2, 0.25) is 5.95 Å². The fourth-order valence-electron chi connectivity index (χ4n) is 2.69. The molecule has 4 aromatic rings. The van der Waals surface area contributed by atoms with E-state index in [1.54, 1.807) is 48.5 Å². The maximum absolute atomic E-state index is 13.8. The highest BCUT2D eigenvalue weighted by atomic mass is 35.5. The maximum atomic E-state index is 13.8. The van der Waals surface area contributed by atoms with Gasteiger partial charge in [0, 0.05) is 16.8 Å². The van der Waals surface area contributed by atoms with E-state index in [0.29, 0.717) is 16.3 Å². The monoisotopic (exact) mass is 426 g/mol. The first-order chi connectivity index (χ1) is 14.6. The summed E-state index contributed by atoms with van der Waals surface area (Å²) in [6, 6.07) is 14.8. The molecule has 0 saturated carbocycles. The van der Waals surface area contributed by atoms with Gasteiger partial charge >= 0.3 is 0 Å². The first-order valence-corrected chi connectivity index (χ1v) is 9.31. The summed E-state index contributed by atoms with van der Waals surface area (Å²) in [7, 11) is 0. The van der Waals surface area contributed by atoms with E-state index in [1.165, 1.54) is 28.0 Å². The lowest BCUT2D eigenvalue weighted by Gasteiger charge is -2.09. The van der Waals surface area contributed by atoms with Crippen molar-refractivity contribution in [2.45, 2.75) is 13.3 Å². The predicted octanol–water partition coefficient (Wildman–Crippen LogP) is 3.60. The van der Waals surface area contributed by atoms with Crippen LogP contribution in [0.3, 0.4) is 0 Å². The van der Waals surface area contributed by atoms with Crippen LogP contribution in [0.25, 0.3) is 0 Å². The van der Waals surface area contributed by atoms with Crippen molar-refractivity contribution in [3.63, 3.8) is 0 Å². The highest BCUT2D eigenvalue weighted by Crippen LogP contribution is 2.16. The van der Waals surface area contributed by atoms with Crippen molar-refractivity contribution in [2.75, 3.05) is 5.32 Å². The zero-order chi connectivity index (χ0) is 20.9. The van der Waals surface area contributed by atoms with Crippen LogP contribution in [-0.2, 0) is 13.3 Å². The minimum atomic E-state index is -0.448. The second-order valence-corrected chi connectivity index (χ2v) is 6.69. The molecule has 2 aromatic carbocycles. The fourth-order valence-corrected chi connectivity index (χ4v) is 2.82. The van der Waals surface area contributed by atoms with Crippen molar-refractivity contribution in [1.29, 1.82) is 0 Å². The number of carbonyl (C=O) groups excluding carboxylic acids is 1. The lowest BCUT2D eigenvalue weighted by Crippen LogP contribution is -2.20. The number of carbonyl (C=O) groups is 1. The number of benzene rings is 2. The Morgan fingerprint density at radius 1 is 1.13 bits per heavy atom. The van der Waals surface area contributed by atoms with E-state index in [1.807, 2.05) is 0 Å². The minimum Gasteiger partial charge on any atom is -0.471 e. The summed E-state index contributed by atoms with van der Waals surface area (Å²) in [4.78, 5) is 16.6. The third-order valence-corrected chi connectivity index (χ3v) is 4.42. The van der Waals surface area contributed by atoms with Gasteiger partial charge in [0.05, 0.1) is 6.54 Å². The summed E-state index contributed by atoms with van der Waals surface area (Å²) in [5, 5.41) is 11.5. The quantitative estimate of drug-likeness (QED) is 0.488. The van der Waals surface area contributed by atoms with Crippen LogP contribution in [-0.4, -0.2) is 30.5 Å².